The van der Waals surface area contributed by atoms with Crippen LogP contribution in [0.2, 0.25) is 0 Å². The zero-order valence-electron chi connectivity index (χ0n) is 15.9. The quantitative estimate of drug-likeness (QED) is 0.719. The Morgan fingerprint density at radius 3 is 2.44 bits per heavy atom. The molecule has 0 saturated carbocycles. The fourth-order valence-corrected chi connectivity index (χ4v) is 3.01. The van der Waals surface area contributed by atoms with Crippen LogP contribution in [0.15, 0.2) is 39.5 Å². The van der Waals surface area contributed by atoms with E-state index in [1.54, 1.807) is 34.1 Å². The average molecular weight is 372 g/mol. The lowest BCUT2D eigenvalue weighted by atomic mass is 10.1. The van der Waals surface area contributed by atoms with E-state index < -0.39 is 11.2 Å². The highest BCUT2D eigenvalue weighted by molar-refractivity contribution is 5.96. The molecule has 1 aliphatic heterocycles. The van der Waals surface area contributed by atoms with Crippen molar-refractivity contribution < 1.29 is 18.7 Å². The number of carbonyl (C=O) groups excluding carboxylic acids is 2. The number of hydrogen-bond donors (Lipinski definition) is 0. The van der Waals surface area contributed by atoms with Crippen molar-refractivity contribution in [1.82, 2.24) is 9.80 Å². The number of hydrogen-bond acceptors (Lipinski definition) is 5. The summed E-state index contributed by atoms with van der Waals surface area (Å²) >= 11 is 0. The van der Waals surface area contributed by atoms with Crippen molar-refractivity contribution in [1.29, 1.82) is 0 Å². The predicted molar refractivity (Wildman–Crippen MR) is 101 cm³/mol. The van der Waals surface area contributed by atoms with Crippen molar-refractivity contribution in [3.05, 3.63) is 46.3 Å². The lowest BCUT2D eigenvalue weighted by Crippen LogP contribution is -2.40. The third-order valence-corrected chi connectivity index (χ3v) is 4.31. The summed E-state index contributed by atoms with van der Waals surface area (Å²) in [6, 6.07) is 8.64. The molecule has 0 unspecified atom stereocenters. The number of carbonyl (C=O) groups is 2. The maximum atomic E-state index is 12.9. The Morgan fingerprint density at radius 2 is 1.70 bits per heavy atom. The van der Waals surface area contributed by atoms with E-state index >= 15 is 0 Å². The van der Waals surface area contributed by atoms with E-state index in [9.17, 15) is 14.4 Å². The molecule has 1 aromatic heterocycles. The van der Waals surface area contributed by atoms with Gasteiger partial charge in [0.2, 0.25) is 0 Å². The summed E-state index contributed by atoms with van der Waals surface area (Å²) in [6.07, 6.45) is 0.228. The first-order valence-electron chi connectivity index (χ1n) is 9.05. The summed E-state index contributed by atoms with van der Waals surface area (Å²) in [5.41, 5.74) is -0.749. The minimum atomic E-state index is -0.646. The Morgan fingerprint density at radius 1 is 1.04 bits per heavy atom. The van der Waals surface area contributed by atoms with Crippen LogP contribution in [0.25, 0.3) is 11.0 Å². The van der Waals surface area contributed by atoms with Crippen molar-refractivity contribution in [2.45, 2.75) is 32.8 Å². The monoisotopic (exact) mass is 372 g/mol. The van der Waals surface area contributed by atoms with Gasteiger partial charge in [0, 0.05) is 31.6 Å². The lowest BCUT2D eigenvalue weighted by molar-refractivity contribution is 0.0255. The second kappa shape index (κ2) is 7.42. The smallest absolute Gasteiger partial charge is 0.410 e. The maximum absolute atomic E-state index is 12.9. The molecule has 0 radical (unpaired) electrons. The first-order chi connectivity index (χ1) is 12.7. The van der Waals surface area contributed by atoms with Gasteiger partial charge in [-0.1, -0.05) is 18.2 Å². The second-order valence-electron chi connectivity index (χ2n) is 7.60. The topological polar surface area (TPSA) is 80.1 Å². The molecule has 2 amide bonds. The molecule has 3 rings (SSSR count). The van der Waals surface area contributed by atoms with Crippen molar-refractivity contribution >= 4 is 23.0 Å². The Bertz CT molecular complexity index is 912. The molecule has 2 aromatic rings. The molecule has 7 nitrogen and oxygen atoms in total. The summed E-state index contributed by atoms with van der Waals surface area (Å²) in [4.78, 5) is 40.5. The van der Waals surface area contributed by atoms with Crippen LogP contribution in [0.3, 0.4) is 0 Å². The van der Waals surface area contributed by atoms with E-state index in [1.807, 2.05) is 26.8 Å². The van der Waals surface area contributed by atoms with E-state index in [0.29, 0.717) is 43.6 Å². The summed E-state index contributed by atoms with van der Waals surface area (Å²) in [7, 11) is 0. The van der Waals surface area contributed by atoms with Crippen LogP contribution in [-0.4, -0.2) is 53.6 Å². The van der Waals surface area contributed by atoms with Crippen LogP contribution in [0, 0.1) is 0 Å². The zero-order valence-corrected chi connectivity index (χ0v) is 15.9. The van der Waals surface area contributed by atoms with Gasteiger partial charge in [-0.3, -0.25) is 4.79 Å². The van der Waals surface area contributed by atoms with Gasteiger partial charge >= 0.3 is 11.7 Å². The van der Waals surface area contributed by atoms with Crippen molar-refractivity contribution in [3.63, 3.8) is 0 Å². The fraction of sp³-hybridized carbons (Fsp3) is 0.450. The number of para-hydroxylation sites is 1. The molecule has 0 aliphatic carbocycles. The third kappa shape index (κ3) is 4.48. The van der Waals surface area contributed by atoms with Gasteiger partial charge < -0.3 is 19.0 Å². The maximum Gasteiger partial charge on any atom is 0.410 e. The predicted octanol–water partition coefficient (Wildman–Crippen LogP) is 2.88. The summed E-state index contributed by atoms with van der Waals surface area (Å²) in [5.74, 6) is -0.374. The van der Waals surface area contributed by atoms with Crippen LogP contribution < -0.4 is 5.63 Å². The zero-order chi connectivity index (χ0) is 19.6. The number of nitrogens with zero attached hydrogens (tertiary/aromatic N) is 2. The van der Waals surface area contributed by atoms with Crippen LogP contribution in [-0.2, 0) is 4.74 Å². The highest BCUT2D eigenvalue weighted by Crippen LogP contribution is 2.16. The molecular formula is C20H24N2O5. The van der Waals surface area contributed by atoms with Gasteiger partial charge in [-0.05, 0) is 39.3 Å². The second-order valence-corrected chi connectivity index (χ2v) is 7.60. The Hall–Kier alpha value is -2.83. The minimum Gasteiger partial charge on any atom is -0.444 e. The Kier molecular flexibility index (Phi) is 5.21. The lowest BCUT2D eigenvalue weighted by Gasteiger charge is -2.26. The fourth-order valence-electron chi connectivity index (χ4n) is 3.01. The first kappa shape index (κ1) is 18.9. The van der Waals surface area contributed by atoms with Crippen LogP contribution in [0.5, 0.6) is 0 Å². The number of benzene rings is 1. The van der Waals surface area contributed by atoms with Gasteiger partial charge in [0.25, 0.3) is 5.91 Å². The Labute approximate surface area is 157 Å². The van der Waals surface area contributed by atoms with Crippen LogP contribution >= 0.6 is 0 Å². The molecule has 1 fully saturated rings. The van der Waals surface area contributed by atoms with Gasteiger partial charge in [-0.25, -0.2) is 9.59 Å². The summed E-state index contributed by atoms with van der Waals surface area (Å²) < 4.78 is 10.7. The molecule has 1 aromatic carbocycles. The van der Waals surface area contributed by atoms with Gasteiger partial charge in [0.1, 0.15) is 16.7 Å². The SMILES string of the molecule is CC(C)(C)OC(=O)N1CCCN(C(=O)c2cc3ccccc3oc2=O)CC1. The van der Waals surface area contributed by atoms with Crippen LogP contribution in [0.4, 0.5) is 4.79 Å². The van der Waals surface area contributed by atoms with Crippen LogP contribution in [0.1, 0.15) is 37.6 Å². The van der Waals surface area contributed by atoms with Gasteiger partial charge in [-0.15, -0.1) is 0 Å². The molecule has 2 heterocycles. The highest BCUT2D eigenvalue weighted by Gasteiger charge is 2.27. The third-order valence-electron chi connectivity index (χ3n) is 4.31. The first-order valence-corrected chi connectivity index (χ1v) is 9.05. The van der Waals surface area contributed by atoms with E-state index in [4.69, 9.17) is 9.15 Å². The molecule has 0 bridgehead atoms. The highest BCUT2D eigenvalue weighted by atomic mass is 16.6. The number of amides is 2. The average Bonchev–Trinajstić information content (AvgIpc) is 2.85. The molecular weight excluding hydrogens is 348 g/mol. The molecule has 27 heavy (non-hydrogen) atoms. The van der Waals surface area contributed by atoms with Crippen molar-refractivity contribution in [2.24, 2.45) is 0 Å². The van der Waals surface area contributed by atoms with Gasteiger partial charge in [0.05, 0.1) is 0 Å². The van der Waals surface area contributed by atoms with E-state index in [-0.39, 0.29) is 17.6 Å². The van der Waals surface area contributed by atoms with Gasteiger partial charge in [0.15, 0.2) is 0 Å². The summed E-state index contributed by atoms with van der Waals surface area (Å²) in [6.45, 7) is 7.12. The number of rotatable bonds is 1. The Balaban J connectivity index is 1.74. The largest absolute Gasteiger partial charge is 0.444 e. The number of fused-ring (bicyclic) bond motifs is 1. The standard InChI is InChI=1S/C20H24N2O5/c1-20(2,3)27-19(25)22-10-6-9-21(11-12-22)17(23)15-13-14-7-4-5-8-16(14)26-18(15)24/h4-5,7-8,13H,6,9-12H2,1-3H3. The minimum absolute atomic E-state index is 0.0134. The van der Waals surface area contributed by atoms with Gasteiger partial charge in [-0.2, -0.15) is 0 Å². The molecule has 7 heteroatoms. The number of ether oxygens (including phenoxy) is 1. The molecule has 144 valence electrons. The van der Waals surface area contributed by atoms with E-state index in [0.717, 1.165) is 0 Å². The molecule has 1 saturated heterocycles. The molecule has 0 N–H and O–H groups in total. The van der Waals surface area contributed by atoms with Crippen molar-refractivity contribution in [2.75, 3.05) is 26.2 Å². The van der Waals surface area contributed by atoms with E-state index in [2.05, 4.69) is 0 Å². The molecule has 0 atom stereocenters. The van der Waals surface area contributed by atoms with E-state index in [1.165, 1.54) is 0 Å². The van der Waals surface area contributed by atoms with Crippen molar-refractivity contribution in [3.8, 4) is 0 Å². The molecule has 1 aliphatic rings. The summed E-state index contributed by atoms with van der Waals surface area (Å²) in [5, 5.41) is 0.700. The molecule has 0 spiro atoms. The normalized spacial score (nSPS) is 15.5.